The third-order valence-corrected chi connectivity index (χ3v) is 2.88. The highest BCUT2D eigenvalue weighted by atomic mass is 16.2. The lowest BCUT2D eigenvalue weighted by atomic mass is 10.2. The Hall–Kier alpha value is -2.30. The van der Waals surface area contributed by atoms with Crippen molar-refractivity contribution in [2.24, 2.45) is 0 Å². The van der Waals surface area contributed by atoms with E-state index in [0.29, 0.717) is 5.82 Å². The van der Waals surface area contributed by atoms with Crippen molar-refractivity contribution in [2.75, 3.05) is 24.4 Å². The minimum Gasteiger partial charge on any atom is -0.291 e. The normalized spacial score (nSPS) is 14.8. The molecule has 0 bridgehead atoms. The number of rotatable bonds is 0. The third kappa shape index (κ3) is 1.39. The van der Waals surface area contributed by atoms with Crippen LogP contribution in [0.1, 0.15) is 0 Å². The second kappa shape index (κ2) is 3.35. The van der Waals surface area contributed by atoms with E-state index in [-0.39, 0.29) is 6.03 Å². The molecule has 3 rings (SSSR count). The maximum atomic E-state index is 11.8. The van der Waals surface area contributed by atoms with Crippen LogP contribution in [0, 0.1) is 0 Å². The minimum absolute atomic E-state index is 0.125. The van der Waals surface area contributed by atoms with Crippen molar-refractivity contribution in [1.82, 2.24) is 9.99 Å². The smallest absolute Gasteiger partial charge is 0.291 e. The first-order valence-corrected chi connectivity index (χ1v) is 5.34. The van der Waals surface area contributed by atoms with Crippen LogP contribution in [0.4, 0.5) is 16.3 Å². The van der Waals surface area contributed by atoms with E-state index in [9.17, 15) is 4.79 Å². The lowest BCUT2D eigenvalue weighted by Gasteiger charge is -2.32. The van der Waals surface area contributed by atoms with E-state index in [2.05, 4.69) is 10.4 Å². The molecule has 2 aromatic rings. The van der Waals surface area contributed by atoms with Gasteiger partial charge < -0.3 is 0 Å². The van der Waals surface area contributed by atoms with Gasteiger partial charge in [0.25, 0.3) is 0 Å². The molecule has 17 heavy (non-hydrogen) atoms. The highest BCUT2D eigenvalue weighted by Crippen LogP contribution is 2.30. The molecule has 0 fully saturated rings. The number of para-hydroxylation sites is 1. The molecule has 0 radical (unpaired) electrons. The van der Waals surface area contributed by atoms with Gasteiger partial charge in [-0.25, -0.2) is 14.8 Å². The number of pyridine rings is 1. The minimum atomic E-state index is -0.125. The van der Waals surface area contributed by atoms with Gasteiger partial charge in [-0.3, -0.25) is 10.3 Å². The number of hydrogen-bond acceptors (Lipinski definition) is 3. The summed E-state index contributed by atoms with van der Waals surface area (Å²) in [4.78, 5) is 17.8. The first-order valence-electron chi connectivity index (χ1n) is 5.34. The highest BCUT2D eigenvalue weighted by molar-refractivity contribution is 6.00. The number of nitrogens with one attached hydrogen (secondary N) is 1. The Labute approximate surface area is 98.6 Å². The fraction of sp³-hybridized carbons (Fsp3) is 0.167. The van der Waals surface area contributed by atoms with E-state index in [1.54, 1.807) is 14.1 Å². The molecule has 1 N–H and O–H groups in total. The molecule has 1 aliphatic heterocycles. The van der Waals surface area contributed by atoms with Crippen molar-refractivity contribution in [3.63, 3.8) is 0 Å². The van der Waals surface area contributed by atoms with Crippen LogP contribution in [0.5, 0.6) is 0 Å². The molecule has 0 saturated heterocycles. The molecule has 2 heterocycles. The topological polar surface area (TPSA) is 48.5 Å². The van der Waals surface area contributed by atoms with Crippen LogP contribution < -0.4 is 10.3 Å². The summed E-state index contributed by atoms with van der Waals surface area (Å²) in [5.41, 5.74) is 4.74. The summed E-state index contributed by atoms with van der Waals surface area (Å²) < 4.78 is 0. The summed E-state index contributed by atoms with van der Waals surface area (Å²) in [6, 6.07) is 9.72. The standard InChI is InChI=1S/C12H12N4O/c1-15-11-10(14-16(2)12(15)17)7-8-5-3-4-6-9(8)13-11/h3-7,14H,1-2H3. The number of hydrazine groups is 1. The SMILES string of the molecule is CN1Nc2cc3ccccc3nc2N(C)C1=O. The summed E-state index contributed by atoms with van der Waals surface area (Å²) in [5, 5.41) is 2.49. The van der Waals surface area contributed by atoms with Crippen LogP contribution >= 0.6 is 0 Å². The van der Waals surface area contributed by atoms with Crippen LogP contribution in [0.3, 0.4) is 0 Å². The number of aromatic nitrogens is 1. The number of carbonyl (C=O) groups is 1. The molecule has 2 amide bonds. The Bertz CT molecular complexity index is 610. The van der Waals surface area contributed by atoms with Crippen molar-refractivity contribution in [1.29, 1.82) is 0 Å². The molecule has 5 heteroatoms. The fourth-order valence-corrected chi connectivity index (χ4v) is 1.99. The van der Waals surface area contributed by atoms with Gasteiger partial charge in [-0.15, -0.1) is 0 Å². The highest BCUT2D eigenvalue weighted by Gasteiger charge is 2.26. The molecule has 0 aliphatic carbocycles. The van der Waals surface area contributed by atoms with Crippen molar-refractivity contribution in [2.45, 2.75) is 0 Å². The number of urea groups is 1. The molecule has 1 aromatic heterocycles. The van der Waals surface area contributed by atoms with Crippen LogP contribution in [-0.2, 0) is 0 Å². The zero-order chi connectivity index (χ0) is 12.0. The Morgan fingerprint density at radius 1 is 1.24 bits per heavy atom. The van der Waals surface area contributed by atoms with Gasteiger partial charge in [0, 0.05) is 19.5 Å². The molecule has 1 aromatic carbocycles. The van der Waals surface area contributed by atoms with Crippen molar-refractivity contribution >= 4 is 28.4 Å². The van der Waals surface area contributed by atoms with Gasteiger partial charge >= 0.3 is 6.03 Å². The number of nitrogens with zero attached hydrogens (tertiary/aromatic N) is 3. The molecule has 86 valence electrons. The van der Waals surface area contributed by atoms with Crippen LogP contribution in [0.2, 0.25) is 0 Å². The largest absolute Gasteiger partial charge is 0.343 e. The molecular weight excluding hydrogens is 216 g/mol. The maximum absolute atomic E-state index is 11.8. The number of amides is 2. The predicted octanol–water partition coefficient (Wildman–Crippen LogP) is 2.06. The quantitative estimate of drug-likeness (QED) is 0.750. The second-order valence-electron chi connectivity index (χ2n) is 4.06. The summed E-state index contributed by atoms with van der Waals surface area (Å²) >= 11 is 0. The van der Waals surface area contributed by atoms with E-state index in [0.717, 1.165) is 16.6 Å². The van der Waals surface area contributed by atoms with Gasteiger partial charge in [-0.2, -0.15) is 0 Å². The Balaban J connectivity index is 2.25. The number of anilines is 2. The first-order chi connectivity index (χ1) is 8.16. The summed E-state index contributed by atoms with van der Waals surface area (Å²) in [5.74, 6) is 0.659. The lowest BCUT2D eigenvalue weighted by Crippen LogP contribution is -2.46. The van der Waals surface area contributed by atoms with Gasteiger partial charge in [0.05, 0.1) is 11.2 Å². The Morgan fingerprint density at radius 3 is 2.82 bits per heavy atom. The van der Waals surface area contributed by atoms with Crippen molar-refractivity contribution in [3.8, 4) is 0 Å². The predicted molar refractivity (Wildman–Crippen MR) is 66.9 cm³/mol. The van der Waals surface area contributed by atoms with Crippen LogP contribution in [-0.4, -0.2) is 30.1 Å². The summed E-state index contributed by atoms with van der Waals surface area (Å²) in [6.07, 6.45) is 0. The molecular formula is C12H12N4O. The van der Waals surface area contributed by atoms with Gasteiger partial charge in [-0.1, -0.05) is 18.2 Å². The van der Waals surface area contributed by atoms with Gasteiger partial charge in [0.1, 0.15) is 0 Å². The lowest BCUT2D eigenvalue weighted by molar-refractivity contribution is 0.223. The average molecular weight is 228 g/mol. The zero-order valence-corrected chi connectivity index (χ0v) is 9.64. The van der Waals surface area contributed by atoms with Gasteiger partial charge in [-0.05, 0) is 12.1 Å². The van der Waals surface area contributed by atoms with Crippen molar-refractivity contribution < 1.29 is 4.79 Å². The first kappa shape index (κ1) is 9.89. The Kier molecular flexibility index (Phi) is 1.95. The number of hydrogen-bond donors (Lipinski definition) is 1. The van der Waals surface area contributed by atoms with E-state index < -0.39 is 0 Å². The van der Waals surface area contributed by atoms with E-state index in [4.69, 9.17) is 0 Å². The van der Waals surface area contributed by atoms with E-state index in [1.807, 2.05) is 30.3 Å². The molecule has 0 saturated carbocycles. The number of benzene rings is 1. The third-order valence-electron chi connectivity index (χ3n) is 2.88. The van der Waals surface area contributed by atoms with Crippen molar-refractivity contribution in [3.05, 3.63) is 30.3 Å². The van der Waals surface area contributed by atoms with Crippen LogP contribution in [0.25, 0.3) is 10.9 Å². The van der Waals surface area contributed by atoms with Crippen LogP contribution in [0.15, 0.2) is 30.3 Å². The maximum Gasteiger partial charge on any atom is 0.343 e. The number of fused-ring (bicyclic) bond motifs is 2. The monoisotopic (exact) mass is 228 g/mol. The van der Waals surface area contributed by atoms with E-state index >= 15 is 0 Å². The fourth-order valence-electron chi connectivity index (χ4n) is 1.99. The molecule has 0 atom stereocenters. The molecule has 1 aliphatic rings. The average Bonchev–Trinajstić information content (AvgIpc) is 2.34. The summed E-state index contributed by atoms with van der Waals surface area (Å²) in [6.45, 7) is 0. The Morgan fingerprint density at radius 2 is 2.00 bits per heavy atom. The summed E-state index contributed by atoms with van der Waals surface area (Å²) in [7, 11) is 3.41. The number of carbonyl (C=O) groups excluding carboxylic acids is 1. The van der Waals surface area contributed by atoms with E-state index in [1.165, 1.54) is 9.91 Å². The van der Waals surface area contributed by atoms with Gasteiger partial charge in [0.15, 0.2) is 5.82 Å². The second-order valence-corrected chi connectivity index (χ2v) is 4.06. The molecule has 0 unspecified atom stereocenters. The van der Waals surface area contributed by atoms with Gasteiger partial charge in [0.2, 0.25) is 0 Å². The molecule has 5 nitrogen and oxygen atoms in total. The zero-order valence-electron chi connectivity index (χ0n) is 9.64. The molecule has 0 spiro atoms.